The van der Waals surface area contributed by atoms with Crippen LogP contribution in [0.15, 0.2) is 22.7 Å². The SMILES string of the molecule is CCC1CN(Cc2ccc(Br)cc2[N+](=O)[O-])CCC1=O. The highest BCUT2D eigenvalue weighted by Gasteiger charge is 2.27. The Morgan fingerprint density at radius 1 is 1.50 bits per heavy atom. The largest absolute Gasteiger partial charge is 0.299 e. The fourth-order valence-electron chi connectivity index (χ4n) is 2.56. The van der Waals surface area contributed by atoms with Crippen molar-refractivity contribution in [2.75, 3.05) is 13.1 Å². The molecule has 1 atom stereocenters. The van der Waals surface area contributed by atoms with Crippen molar-refractivity contribution in [3.05, 3.63) is 38.3 Å². The van der Waals surface area contributed by atoms with E-state index in [-0.39, 0.29) is 16.5 Å². The molecule has 2 rings (SSSR count). The van der Waals surface area contributed by atoms with Crippen LogP contribution in [0.4, 0.5) is 5.69 Å². The monoisotopic (exact) mass is 340 g/mol. The van der Waals surface area contributed by atoms with Gasteiger partial charge in [0.25, 0.3) is 5.69 Å². The van der Waals surface area contributed by atoms with E-state index in [1.54, 1.807) is 6.07 Å². The zero-order chi connectivity index (χ0) is 14.7. The van der Waals surface area contributed by atoms with Crippen molar-refractivity contribution in [3.8, 4) is 0 Å². The molecule has 1 aliphatic rings. The first-order chi connectivity index (χ1) is 9.51. The van der Waals surface area contributed by atoms with Gasteiger partial charge in [-0.15, -0.1) is 0 Å². The Labute approximate surface area is 126 Å². The third-order valence-electron chi connectivity index (χ3n) is 3.74. The summed E-state index contributed by atoms with van der Waals surface area (Å²) in [6, 6.07) is 5.12. The Balaban J connectivity index is 2.14. The Morgan fingerprint density at radius 3 is 2.90 bits per heavy atom. The van der Waals surface area contributed by atoms with Crippen molar-refractivity contribution < 1.29 is 9.72 Å². The first-order valence-electron chi connectivity index (χ1n) is 6.69. The topological polar surface area (TPSA) is 63.4 Å². The van der Waals surface area contributed by atoms with E-state index < -0.39 is 0 Å². The van der Waals surface area contributed by atoms with Crippen molar-refractivity contribution in [1.29, 1.82) is 0 Å². The lowest BCUT2D eigenvalue weighted by atomic mass is 9.94. The average Bonchev–Trinajstić information content (AvgIpc) is 2.42. The van der Waals surface area contributed by atoms with Crippen LogP contribution in [0.25, 0.3) is 0 Å². The van der Waals surface area contributed by atoms with Crippen LogP contribution in [0.3, 0.4) is 0 Å². The number of carbonyl (C=O) groups excluding carboxylic acids is 1. The first kappa shape index (κ1) is 15.1. The molecular weight excluding hydrogens is 324 g/mol. The second kappa shape index (κ2) is 6.45. The standard InChI is InChI=1S/C14H17BrN2O3/c1-2-10-8-16(6-5-14(10)18)9-11-3-4-12(15)7-13(11)17(19)20/h3-4,7,10H,2,5-6,8-9H2,1H3. The summed E-state index contributed by atoms with van der Waals surface area (Å²) in [6.07, 6.45) is 1.38. The number of benzene rings is 1. The predicted molar refractivity (Wildman–Crippen MR) is 79.5 cm³/mol. The maximum Gasteiger partial charge on any atom is 0.275 e. The molecule has 1 saturated heterocycles. The molecule has 1 aliphatic heterocycles. The molecule has 108 valence electrons. The van der Waals surface area contributed by atoms with Crippen LogP contribution in [-0.4, -0.2) is 28.7 Å². The maximum absolute atomic E-state index is 11.7. The van der Waals surface area contributed by atoms with Gasteiger partial charge in [0.1, 0.15) is 5.78 Å². The van der Waals surface area contributed by atoms with Gasteiger partial charge < -0.3 is 0 Å². The Hall–Kier alpha value is -1.27. The van der Waals surface area contributed by atoms with Crippen molar-refractivity contribution >= 4 is 27.4 Å². The minimum Gasteiger partial charge on any atom is -0.299 e. The number of Topliss-reactive ketones (excluding diaryl/α,β-unsaturated/α-hetero) is 1. The molecule has 1 aromatic carbocycles. The molecule has 6 heteroatoms. The van der Waals surface area contributed by atoms with Gasteiger partial charge in [0.05, 0.1) is 4.92 Å². The van der Waals surface area contributed by atoms with Crippen LogP contribution < -0.4 is 0 Å². The molecule has 20 heavy (non-hydrogen) atoms. The summed E-state index contributed by atoms with van der Waals surface area (Å²) in [5.41, 5.74) is 0.826. The highest BCUT2D eigenvalue weighted by atomic mass is 79.9. The quantitative estimate of drug-likeness (QED) is 0.623. The second-order valence-electron chi connectivity index (χ2n) is 5.09. The number of likely N-dealkylation sites (tertiary alicyclic amines) is 1. The number of nitro groups is 1. The molecule has 0 aromatic heterocycles. The molecule has 1 unspecified atom stereocenters. The van der Waals surface area contributed by atoms with Crippen LogP contribution >= 0.6 is 15.9 Å². The van der Waals surface area contributed by atoms with E-state index >= 15 is 0 Å². The summed E-state index contributed by atoms with van der Waals surface area (Å²) in [7, 11) is 0. The number of carbonyl (C=O) groups is 1. The fourth-order valence-corrected chi connectivity index (χ4v) is 2.91. The van der Waals surface area contributed by atoms with Gasteiger partial charge >= 0.3 is 0 Å². The third-order valence-corrected chi connectivity index (χ3v) is 4.23. The fraction of sp³-hybridized carbons (Fsp3) is 0.500. The van der Waals surface area contributed by atoms with E-state index in [2.05, 4.69) is 20.8 Å². The maximum atomic E-state index is 11.7. The van der Waals surface area contributed by atoms with E-state index in [1.807, 2.05) is 13.0 Å². The van der Waals surface area contributed by atoms with Gasteiger partial charge in [-0.2, -0.15) is 0 Å². The molecule has 0 aliphatic carbocycles. The van der Waals surface area contributed by atoms with E-state index in [9.17, 15) is 14.9 Å². The normalized spacial score (nSPS) is 20.1. The average molecular weight is 341 g/mol. The van der Waals surface area contributed by atoms with E-state index in [1.165, 1.54) is 6.07 Å². The summed E-state index contributed by atoms with van der Waals surface area (Å²) in [5.74, 6) is 0.382. The Morgan fingerprint density at radius 2 is 2.25 bits per heavy atom. The number of ketones is 1. The minimum absolute atomic E-state index is 0.0678. The number of nitro benzene ring substituents is 1. The Kier molecular flexibility index (Phi) is 4.88. The summed E-state index contributed by atoms with van der Waals surface area (Å²) in [6.45, 7) is 3.91. The van der Waals surface area contributed by atoms with Gasteiger partial charge in [-0.05, 0) is 18.6 Å². The molecule has 0 amide bonds. The number of halogens is 1. The number of nitrogens with zero attached hydrogens (tertiary/aromatic N) is 2. The van der Waals surface area contributed by atoms with Gasteiger partial charge in [0.15, 0.2) is 0 Å². The molecule has 0 radical (unpaired) electrons. The zero-order valence-electron chi connectivity index (χ0n) is 11.3. The van der Waals surface area contributed by atoms with E-state index in [4.69, 9.17) is 0 Å². The smallest absolute Gasteiger partial charge is 0.275 e. The van der Waals surface area contributed by atoms with Crippen molar-refractivity contribution in [1.82, 2.24) is 4.90 Å². The summed E-state index contributed by atoms with van der Waals surface area (Å²) in [4.78, 5) is 24.6. The van der Waals surface area contributed by atoms with E-state index in [0.29, 0.717) is 41.9 Å². The number of piperidine rings is 1. The van der Waals surface area contributed by atoms with Crippen molar-refractivity contribution in [2.45, 2.75) is 26.3 Å². The first-order valence-corrected chi connectivity index (χ1v) is 7.48. The Bertz CT molecular complexity index is 533. The summed E-state index contributed by atoms with van der Waals surface area (Å²) in [5, 5.41) is 11.1. The molecule has 0 bridgehead atoms. The molecule has 5 nitrogen and oxygen atoms in total. The molecule has 0 saturated carbocycles. The molecule has 1 fully saturated rings. The lowest BCUT2D eigenvalue weighted by Gasteiger charge is -2.31. The van der Waals surface area contributed by atoms with Gasteiger partial charge in [0, 0.05) is 48.1 Å². The van der Waals surface area contributed by atoms with Gasteiger partial charge in [0.2, 0.25) is 0 Å². The van der Waals surface area contributed by atoms with E-state index in [0.717, 1.165) is 6.42 Å². The molecule has 0 spiro atoms. The van der Waals surface area contributed by atoms with Crippen molar-refractivity contribution in [2.24, 2.45) is 5.92 Å². The van der Waals surface area contributed by atoms with Crippen LogP contribution in [0, 0.1) is 16.0 Å². The van der Waals surface area contributed by atoms with Crippen LogP contribution in [0.1, 0.15) is 25.3 Å². The molecule has 1 heterocycles. The highest BCUT2D eigenvalue weighted by molar-refractivity contribution is 9.10. The lowest BCUT2D eigenvalue weighted by molar-refractivity contribution is -0.385. The van der Waals surface area contributed by atoms with Gasteiger partial charge in [-0.1, -0.05) is 22.9 Å². The highest BCUT2D eigenvalue weighted by Crippen LogP contribution is 2.26. The second-order valence-corrected chi connectivity index (χ2v) is 6.00. The van der Waals surface area contributed by atoms with Gasteiger partial charge in [-0.25, -0.2) is 0 Å². The van der Waals surface area contributed by atoms with Crippen LogP contribution in [-0.2, 0) is 11.3 Å². The number of hydrogen-bond donors (Lipinski definition) is 0. The van der Waals surface area contributed by atoms with Crippen molar-refractivity contribution in [3.63, 3.8) is 0 Å². The number of hydrogen-bond acceptors (Lipinski definition) is 4. The summed E-state index contributed by atoms with van der Waals surface area (Å²) < 4.78 is 0.702. The predicted octanol–water partition coefficient (Wildman–Crippen LogP) is 3.16. The number of rotatable bonds is 4. The summed E-state index contributed by atoms with van der Waals surface area (Å²) >= 11 is 3.26. The molecule has 0 N–H and O–H groups in total. The molecular formula is C14H17BrN2O3. The van der Waals surface area contributed by atoms with Gasteiger partial charge in [-0.3, -0.25) is 19.8 Å². The lowest BCUT2D eigenvalue weighted by Crippen LogP contribution is -2.40. The third kappa shape index (κ3) is 3.43. The zero-order valence-corrected chi connectivity index (χ0v) is 12.9. The minimum atomic E-state index is -0.355. The van der Waals surface area contributed by atoms with Crippen LogP contribution in [0.5, 0.6) is 0 Å². The van der Waals surface area contributed by atoms with Crippen LogP contribution in [0.2, 0.25) is 0 Å². The molecule has 1 aromatic rings.